The van der Waals surface area contributed by atoms with E-state index < -0.39 is 6.04 Å². The molecule has 3 rings (SSSR count). The van der Waals surface area contributed by atoms with Crippen molar-refractivity contribution in [3.8, 4) is 0 Å². The second-order valence-electron chi connectivity index (χ2n) is 9.48. The summed E-state index contributed by atoms with van der Waals surface area (Å²) in [6.07, 6.45) is 0.950. The van der Waals surface area contributed by atoms with Gasteiger partial charge in [-0.1, -0.05) is 62.7 Å². The third kappa shape index (κ3) is 6.35. The Hall–Kier alpha value is -3.48. The maximum Gasteiger partial charge on any atom is 0.261 e. The molecule has 186 valence electrons. The smallest absolute Gasteiger partial charge is 0.261 e. The number of benzene rings is 2. The molecule has 1 N–H and O–H groups in total. The average molecular weight is 478 g/mol. The van der Waals surface area contributed by atoms with Crippen LogP contribution in [0.1, 0.15) is 71.9 Å². The summed E-state index contributed by atoms with van der Waals surface area (Å²) in [7, 11) is 0. The molecular formula is C28H35N3O4. The number of carbonyl (C=O) groups is 4. The fraction of sp³-hybridized carbons (Fsp3) is 0.429. The van der Waals surface area contributed by atoms with Gasteiger partial charge in [0.1, 0.15) is 6.04 Å². The lowest BCUT2D eigenvalue weighted by molar-refractivity contribution is -0.141. The zero-order chi connectivity index (χ0) is 25.5. The Labute approximate surface area is 207 Å². The molecule has 0 aromatic heterocycles. The lowest BCUT2D eigenvalue weighted by Gasteiger charge is -2.31. The minimum Gasteiger partial charge on any atom is -0.354 e. The number of carbonyl (C=O) groups excluding carboxylic acids is 4. The van der Waals surface area contributed by atoms with Crippen molar-refractivity contribution in [1.29, 1.82) is 0 Å². The third-order valence-electron chi connectivity index (χ3n) is 6.16. The van der Waals surface area contributed by atoms with Crippen LogP contribution >= 0.6 is 0 Å². The molecule has 0 fully saturated rings. The summed E-state index contributed by atoms with van der Waals surface area (Å²) in [5.74, 6) is -0.683. The number of amides is 4. The molecule has 0 radical (unpaired) electrons. The molecule has 0 saturated carbocycles. The Morgan fingerprint density at radius 1 is 1.00 bits per heavy atom. The van der Waals surface area contributed by atoms with Crippen molar-refractivity contribution in [1.82, 2.24) is 15.1 Å². The number of aryl methyl sites for hydroxylation is 1. The number of rotatable bonds is 11. The van der Waals surface area contributed by atoms with Gasteiger partial charge in [0.2, 0.25) is 11.8 Å². The molecule has 1 aliphatic heterocycles. The molecule has 35 heavy (non-hydrogen) atoms. The van der Waals surface area contributed by atoms with Crippen LogP contribution in [0.5, 0.6) is 0 Å². The maximum absolute atomic E-state index is 13.4. The summed E-state index contributed by atoms with van der Waals surface area (Å²) in [6, 6.07) is 14.0. The molecule has 1 heterocycles. The maximum atomic E-state index is 13.4. The highest BCUT2D eigenvalue weighted by molar-refractivity contribution is 6.21. The van der Waals surface area contributed by atoms with Crippen LogP contribution in [0.15, 0.2) is 48.5 Å². The van der Waals surface area contributed by atoms with Gasteiger partial charge in [-0.3, -0.25) is 24.1 Å². The predicted octanol–water partition coefficient (Wildman–Crippen LogP) is 3.95. The Bertz CT molecular complexity index is 1060. The summed E-state index contributed by atoms with van der Waals surface area (Å²) in [4.78, 5) is 54.4. The van der Waals surface area contributed by atoms with Crippen molar-refractivity contribution in [2.45, 2.75) is 59.5 Å². The van der Waals surface area contributed by atoms with Gasteiger partial charge >= 0.3 is 0 Å². The number of nitrogens with one attached hydrogen (secondary N) is 1. The Morgan fingerprint density at radius 2 is 1.66 bits per heavy atom. The molecule has 1 atom stereocenters. The van der Waals surface area contributed by atoms with E-state index in [4.69, 9.17) is 0 Å². The Kier molecular flexibility index (Phi) is 8.79. The molecule has 0 aliphatic carbocycles. The fourth-order valence-corrected chi connectivity index (χ4v) is 4.32. The molecule has 0 spiro atoms. The van der Waals surface area contributed by atoms with Gasteiger partial charge in [-0.05, 0) is 43.4 Å². The summed E-state index contributed by atoms with van der Waals surface area (Å²) >= 11 is 0. The summed E-state index contributed by atoms with van der Waals surface area (Å²) in [5.41, 5.74) is 2.84. The summed E-state index contributed by atoms with van der Waals surface area (Å²) in [5, 5.41) is 2.96. The van der Waals surface area contributed by atoms with E-state index in [1.165, 1.54) is 4.90 Å². The molecule has 1 aliphatic rings. The highest BCUT2D eigenvalue weighted by Gasteiger charge is 2.35. The molecule has 2 aromatic rings. The normalized spacial score (nSPS) is 13.7. The number of fused-ring (bicyclic) bond motifs is 1. The first kappa shape index (κ1) is 26.1. The second-order valence-corrected chi connectivity index (χ2v) is 9.48. The van der Waals surface area contributed by atoms with E-state index in [2.05, 4.69) is 5.32 Å². The predicted molar refractivity (Wildman–Crippen MR) is 135 cm³/mol. The quantitative estimate of drug-likeness (QED) is 0.497. The van der Waals surface area contributed by atoms with Crippen LogP contribution in [-0.2, 0) is 16.1 Å². The molecule has 7 nitrogen and oxygen atoms in total. The van der Waals surface area contributed by atoms with E-state index in [1.807, 2.05) is 52.0 Å². The van der Waals surface area contributed by atoms with Crippen molar-refractivity contribution >= 4 is 23.6 Å². The molecular weight excluding hydrogens is 442 g/mol. The zero-order valence-corrected chi connectivity index (χ0v) is 21.0. The Balaban J connectivity index is 1.70. The van der Waals surface area contributed by atoms with E-state index in [9.17, 15) is 19.2 Å². The lowest BCUT2D eigenvalue weighted by Crippen LogP contribution is -2.49. The first-order chi connectivity index (χ1) is 16.7. The van der Waals surface area contributed by atoms with E-state index in [-0.39, 0.29) is 36.6 Å². The van der Waals surface area contributed by atoms with Crippen molar-refractivity contribution < 1.29 is 19.2 Å². The van der Waals surface area contributed by atoms with Crippen LogP contribution in [0.25, 0.3) is 0 Å². The number of imide groups is 1. The van der Waals surface area contributed by atoms with Crippen LogP contribution in [-0.4, -0.2) is 52.6 Å². The molecule has 2 aromatic carbocycles. The molecule has 1 unspecified atom stereocenters. The Morgan fingerprint density at radius 3 is 2.23 bits per heavy atom. The van der Waals surface area contributed by atoms with Crippen LogP contribution < -0.4 is 5.32 Å². The standard InChI is InChI=1S/C28H35N3O4/c1-5-24(26(33)29-17-19(2)3)31(18-21-11-8-10-20(4)16-21)25(32)14-9-15-30-27(34)22-12-6-7-13-23(22)28(30)35/h6-8,10-13,16,19,24H,5,9,14-15,17-18H2,1-4H3,(H,29,33). The largest absolute Gasteiger partial charge is 0.354 e. The van der Waals surface area contributed by atoms with Crippen LogP contribution in [0.4, 0.5) is 0 Å². The molecule has 0 bridgehead atoms. The highest BCUT2D eigenvalue weighted by atomic mass is 16.2. The highest BCUT2D eigenvalue weighted by Crippen LogP contribution is 2.23. The van der Waals surface area contributed by atoms with Crippen LogP contribution in [0.3, 0.4) is 0 Å². The number of hydrogen-bond acceptors (Lipinski definition) is 4. The average Bonchev–Trinajstić information content (AvgIpc) is 3.07. The van der Waals surface area contributed by atoms with Gasteiger partial charge in [0, 0.05) is 26.1 Å². The number of nitrogens with zero attached hydrogens (tertiary/aromatic N) is 2. The minimum atomic E-state index is -0.596. The van der Waals surface area contributed by atoms with Crippen LogP contribution in [0, 0.1) is 12.8 Å². The zero-order valence-electron chi connectivity index (χ0n) is 21.0. The molecule has 7 heteroatoms. The van der Waals surface area contributed by atoms with E-state index in [0.29, 0.717) is 43.0 Å². The SMILES string of the molecule is CCC(C(=O)NCC(C)C)N(Cc1cccc(C)c1)C(=O)CCCN1C(=O)c2ccccc2C1=O. The fourth-order valence-electron chi connectivity index (χ4n) is 4.32. The third-order valence-corrected chi connectivity index (χ3v) is 6.16. The first-order valence-electron chi connectivity index (χ1n) is 12.3. The van der Waals surface area contributed by atoms with Gasteiger partial charge < -0.3 is 10.2 Å². The first-order valence-corrected chi connectivity index (χ1v) is 12.3. The van der Waals surface area contributed by atoms with Crippen LogP contribution in [0.2, 0.25) is 0 Å². The lowest BCUT2D eigenvalue weighted by atomic mass is 10.1. The van der Waals surface area contributed by atoms with Crippen molar-refractivity contribution in [2.75, 3.05) is 13.1 Å². The summed E-state index contributed by atoms with van der Waals surface area (Å²) < 4.78 is 0. The van der Waals surface area contributed by atoms with Gasteiger partial charge in [-0.2, -0.15) is 0 Å². The minimum absolute atomic E-state index is 0.132. The number of hydrogen-bond donors (Lipinski definition) is 1. The molecule has 0 saturated heterocycles. The monoisotopic (exact) mass is 477 g/mol. The topological polar surface area (TPSA) is 86.8 Å². The van der Waals surface area contributed by atoms with Crippen molar-refractivity contribution in [3.05, 3.63) is 70.8 Å². The second kappa shape index (κ2) is 11.8. The van der Waals surface area contributed by atoms with Gasteiger partial charge in [-0.15, -0.1) is 0 Å². The van der Waals surface area contributed by atoms with E-state index >= 15 is 0 Å². The van der Waals surface area contributed by atoms with Gasteiger partial charge in [0.05, 0.1) is 11.1 Å². The van der Waals surface area contributed by atoms with Gasteiger partial charge in [0.25, 0.3) is 11.8 Å². The van der Waals surface area contributed by atoms with E-state index in [1.54, 1.807) is 29.2 Å². The van der Waals surface area contributed by atoms with Crippen molar-refractivity contribution in [2.24, 2.45) is 5.92 Å². The van der Waals surface area contributed by atoms with Gasteiger partial charge in [0.15, 0.2) is 0 Å². The summed E-state index contributed by atoms with van der Waals surface area (Å²) in [6.45, 7) is 8.96. The molecule has 4 amide bonds. The van der Waals surface area contributed by atoms with Crippen molar-refractivity contribution in [3.63, 3.8) is 0 Å². The van der Waals surface area contributed by atoms with E-state index in [0.717, 1.165) is 11.1 Å². The van der Waals surface area contributed by atoms with Gasteiger partial charge in [-0.25, -0.2) is 0 Å².